The number of amides is 2. The Labute approximate surface area is 152 Å². The zero-order valence-corrected chi connectivity index (χ0v) is 15.3. The molecule has 1 N–H and O–H groups in total. The van der Waals surface area contributed by atoms with Gasteiger partial charge in [-0.25, -0.2) is 4.90 Å². The molecule has 0 unspecified atom stereocenters. The van der Waals surface area contributed by atoms with E-state index in [1.165, 1.54) is 4.90 Å². The average Bonchev–Trinajstić information content (AvgIpc) is 3.01. The highest BCUT2D eigenvalue weighted by Gasteiger charge is 2.75. The number of carbonyl (C=O) groups excluding carboxylic acids is 2. The lowest BCUT2D eigenvalue weighted by Gasteiger charge is -2.31. The topological polar surface area (TPSA) is 90.6 Å². The molecule has 3 heterocycles. The number of aliphatic hydroxyl groups excluding tert-OH is 1. The highest BCUT2D eigenvalue weighted by molar-refractivity contribution is 14.1. The number of nitriles is 1. The van der Waals surface area contributed by atoms with Crippen LogP contribution in [-0.2, 0) is 14.3 Å². The van der Waals surface area contributed by atoms with Crippen molar-refractivity contribution in [3.63, 3.8) is 0 Å². The Morgan fingerprint density at radius 1 is 1.33 bits per heavy atom. The zero-order valence-electron chi connectivity index (χ0n) is 13.1. The fourth-order valence-electron chi connectivity index (χ4n) is 4.51. The molecule has 24 heavy (non-hydrogen) atoms. The van der Waals surface area contributed by atoms with Crippen LogP contribution in [0.4, 0.5) is 5.69 Å². The second-order valence-electron chi connectivity index (χ2n) is 7.06. The van der Waals surface area contributed by atoms with Crippen LogP contribution in [0.1, 0.15) is 25.8 Å². The van der Waals surface area contributed by atoms with Crippen molar-refractivity contribution in [2.75, 3.05) is 4.90 Å². The Bertz CT molecular complexity index is 834. The van der Waals surface area contributed by atoms with E-state index < -0.39 is 29.1 Å². The van der Waals surface area contributed by atoms with Gasteiger partial charge >= 0.3 is 0 Å². The molecule has 0 saturated carbocycles. The average molecular weight is 438 g/mol. The molecule has 0 spiro atoms. The number of hydrogen-bond donors (Lipinski definition) is 1. The van der Waals surface area contributed by atoms with E-state index in [0.717, 1.165) is 0 Å². The first-order chi connectivity index (χ1) is 11.2. The Balaban J connectivity index is 1.79. The molecular weight excluding hydrogens is 423 g/mol. The van der Waals surface area contributed by atoms with Crippen LogP contribution in [0.2, 0.25) is 0 Å². The maximum absolute atomic E-state index is 13.0. The van der Waals surface area contributed by atoms with E-state index in [9.17, 15) is 14.7 Å². The lowest BCUT2D eigenvalue weighted by atomic mass is 9.67. The first-order valence-corrected chi connectivity index (χ1v) is 8.76. The van der Waals surface area contributed by atoms with Gasteiger partial charge in [0.1, 0.15) is 11.7 Å². The van der Waals surface area contributed by atoms with Gasteiger partial charge in [0.05, 0.1) is 34.8 Å². The van der Waals surface area contributed by atoms with Crippen molar-refractivity contribution in [3.8, 4) is 6.07 Å². The molecule has 1 aromatic carbocycles. The summed E-state index contributed by atoms with van der Waals surface area (Å²) < 4.78 is 6.63. The number of aliphatic hydroxyl groups is 1. The number of fused-ring (bicyclic) bond motifs is 5. The number of benzene rings is 1. The molecule has 124 valence electrons. The van der Waals surface area contributed by atoms with Crippen LogP contribution >= 0.6 is 22.6 Å². The van der Waals surface area contributed by atoms with E-state index in [4.69, 9.17) is 10.00 Å². The molecule has 2 bridgehead atoms. The van der Waals surface area contributed by atoms with Crippen molar-refractivity contribution in [3.05, 3.63) is 27.3 Å². The van der Waals surface area contributed by atoms with E-state index in [1.807, 2.05) is 22.6 Å². The van der Waals surface area contributed by atoms with Gasteiger partial charge in [0.15, 0.2) is 0 Å². The van der Waals surface area contributed by atoms with Crippen LogP contribution in [0.3, 0.4) is 0 Å². The van der Waals surface area contributed by atoms with E-state index in [-0.39, 0.29) is 11.8 Å². The highest BCUT2D eigenvalue weighted by Crippen LogP contribution is 2.60. The molecule has 0 aliphatic carbocycles. The van der Waals surface area contributed by atoms with Crippen LogP contribution in [-0.4, -0.2) is 34.2 Å². The molecule has 3 saturated heterocycles. The lowest BCUT2D eigenvalue weighted by Crippen LogP contribution is -2.49. The van der Waals surface area contributed by atoms with Crippen LogP contribution in [0.25, 0.3) is 0 Å². The molecule has 4 rings (SSSR count). The lowest BCUT2D eigenvalue weighted by molar-refractivity contribution is -0.132. The molecule has 3 aliphatic rings. The van der Waals surface area contributed by atoms with Gasteiger partial charge in [-0.15, -0.1) is 0 Å². The minimum atomic E-state index is -1.03. The molecule has 1 aromatic rings. The fraction of sp³-hybridized carbons (Fsp3) is 0.471. The predicted molar refractivity (Wildman–Crippen MR) is 91.9 cm³/mol. The number of halogens is 1. The first kappa shape index (κ1) is 16.0. The quantitative estimate of drug-likeness (QED) is 0.531. The third-order valence-electron chi connectivity index (χ3n) is 5.63. The van der Waals surface area contributed by atoms with Crippen LogP contribution < -0.4 is 4.90 Å². The van der Waals surface area contributed by atoms with Gasteiger partial charge in [-0.2, -0.15) is 5.26 Å². The summed E-state index contributed by atoms with van der Waals surface area (Å²) in [6.07, 6.45) is -0.413. The second kappa shape index (κ2) is 4.77. The largest absolute Gasteiger partial charge is 0.390 e. The maximum atomic E-state index is 13.0. The van der Waals surface area contributed by atoms with Gasteiger partial charge in [-0.1, -0.05) is 0 Å². The number of imide groups is 1. The molecule has 3 aliphatic heterocycles. The monoisotopic (exact) mass is 438 g/mol. The summed E-state index contributed by atoms with van der Waals surface area (Å²) in [4.78, 5) is 27.2. The minimum Gasteiger partial charge on any atom is -0.390 e. The molecule has 6 nitrogen and oxygen atoms in total. The van der Waals surface area contributed by atoms with Gasteiger partial charge in [0.25, 0.3) is 0 Å². The summed E-state index contributed by atoms with van der Waals surface area (Å²) in [7, 11) is 0. The van der Waals surface area contributed by atoms with Gasteiger partial charge < -0.3 is 9.84 Å². The van der Waals surface area contributed by atoms with Crippen molar-refractivity contribution in [2.45, 2.75) is 37.6 Å². The van der Waals surface area contributed by atoms with E-state index in [0.29, 0.717) is 21.2 Å². The number of rotatable bonds is 1. The van der Waals surface area contributed by atoms with E-state index in [1.54, 1.807) is 32.0 Å². The molecule has 7 heteroatoms. The van der Waals surface area contributed by atoms with Crippen molar-refractivity contribution < 1.29 is 19.4 Å². The van der Waals surface area contributed by atoms with E-state index in [2.05, 4.69) is 6.07 Å². The number of nitrogens with zero attached hydrogens (tertiary/aromatic N) is 2. The molecule has 2 amide bonds. The van der Waals surface area contributed by atoms with Gasteiger partial charge in [0.2, 0.25) is 11.8 Å². The van der Waals surface area contributed by atoms with Crippen LogP contribution in [0, 0.1) is 26.7 Å². The predicted octanol–water partition coefficient (Wildman–Crippen LogP) is 1.58. The van der Waals surface area contributed by atoms with Crippen molar-refractivity contribution in [1.82, 2.24) is 0 Å². The van der Waals surface area contributed by atoms with E-state index >= 15 is 0 Å². The first-order valence-electron chi connectivity index (χ1n) is 7.68. The van der Waals surface area contributed by atoms with Crippen molar-refractivity contribution in [1.29, 1.82) is 5.26 Å². The number of carbonyl (C=O) groups is 2. The van der Waals surface area contributed by atoms with Crippen LogP contribution in [0.5, 0.6) is 0 Å². The highest BCUT2D eigenvalue weighted by atomic mass is 127. The number of ether oxygens (including phenoxy) is 1. The Hall–Kier alpha value is -1.50. The number of anilines is 1. The summed E-state index contributed by atoms with van der Waals surface area (Å²) in [6, 6.07) is 6.95. The summed E-state index contributed by atoms with van der Waals surface area (Å²) in [5.41, 5.74) is -0.888. The Kier molecular flexibility index (Phi) is 3.18. The van der Waals surface area contributed by atoms with Gasteiger partial charge in [0, 0.05) is 9.99 Å². The van der Waals surface area contributed by atoms with Crippen molar-refractivity contribution in [2.24, 2.45) is 11.8 Å². The minimum absolute atomic E-state index is 0.288. The molecule has 3 fully saturated rings. The SMILES string of the molecule is C[C@]12O[C@](C)(C[C@H]1O)[C@H]1C(=O)N(c3ccc(C#N)c(I)c3)C(=O)[C@H]12. The second-order valence-corrected chi connectivity index (χ2v) is 8.22. The summed E-state index contributed by atoms with van der Waals surface area (Å²) in [5.74, 6) is -1.88. The van der Waals surface area contributed by atoms with Crippen LogP contribution in [0.15, 0.2) is 18.2 Å². The van der Waals surface area contributed by atoms with Gasteiger partial charge in [-0.3, -0.25) is 9.59 Å². The standard InChI is InChI=1S/C17H15IN2O4/c1-16-6-11(21)17(2,24-16)13-12(16)14(22)20(15(13)23)9-4-3-8(7-19)10(18)5-9/h3-5,11-13,21H,6H2,1-2H3/t11-,12-,13+,16-,17+/m1/s1. The van der Waals surface area contributed by atoms with Gasteiger partial charge in [-0.05, 0) is 54.6 Å². The molecule has 0 radical (unpaired) electrons. The zero-order chi connectivity index (χ0) is 17.4. The maximum Gasteiger partial charge on any atom is 0.240 e. The Morgan fingerprint density at radius 2 is 2.00 bits per heavy atom. The normalized spacial score (nSPS) is 40.1. The fourth-order valence-corrected chi connectivity index (χ4v) is 5.13. The van der Waals surface area contributed by atoms with Crippen molar-refractivity contribution >= 4 is 40.1 Å². The summed E-state index contributed by atoms with van der Waals surface area (Å²) >= 11 is 2.01. The number of hydrogen-bond acceptors (Lipinski definition) is 5. The smallest absolute Gasteiger partial charge is 0.240 e. The molecule has 5 atom stereocenters. The third kappa shape index (κ3) is 1.76. The Morgan fingerprint density at radius 3 is 2.62 bits per heavy atom. The molecular formula is C17H15IN2O4. The summed E-state index contributed by atoms with van der Waals surface area (Å²) in [6.45, 7) is 3.51. The third-order valence-corrected chi connectivity index (χ3v) is 6.52. The molecule has 0 aromatic heterocycles. The summed E-state index contributed by atoms with van der Waals surface area (Å²) in [5, 5.41) is 19.4.